The quantitative estimate of drug-likeness (QED) is 0.537. The molecule has 1 N–H and O–H groups in total. The highest BCUT2D eigenvalue weighted by atomic mass is 16.3. The van der Waals surface area contributed by atoms with Gasteiger partial charge in [-0.05, 0) is 19.1 Å². The Hall–Kier alpha value is -1.49. The van der Waals surface area contributed by atoms with Crippen LogP contribution >= 0.6 is 0 Å². The molecule has 2 heteroatoms. The minimum atomic E-state index is 0.180. The van der Waals surface area contributed by atoms with E-state index in [4.69, 9.17) is 11.5 Å². The van der Waals surface area contributed by atoms with Gasteiger partial charge in [0.15, 0.2) is 0 Å². The molecule has 0 amide bonds. The van der Waals surface area contributed by atoms with E-state index in [9.17, 15) is 0 Å². The Kier molecular flexibility index (Phi) is 1.59. The summed E-state index contributed by atoms with van der Waals surface area (Å²) in [7, 11) is 0. The molecule has 0 unspecified atom stereocenters. The molecule has 1 heterocycles. The number of rotatable bonds is 0. The van der Waals surface area contributed by atoms with E-state index in [1.165, 1.54) is 6.07 Å². The first-order chi connectivity index (χ1) is 4.74. The summed E-state index contributed by atoms with van der Waals surface area (Å²) < 4.78 is 0. The number of hydrogen-bond donors (Lipinski definition) is 1. The van der Waals surface area contributed by atoms with Crippen molar-refractivity contribution in [3.8, 4) is 18.1 Å². The molecule has 1 rings (SSSR count). The molecule has 50 valence electrons. The Morgan fingerprint density at radius 3 is 2.80 bits per heavy atom. The van der Waals surface area contributed by atoms with Crippen LogP contribution in [0, 0.1) is 19.3 Å². The molecule has 0 aliphatic carbocycles. The minimum Gasteiger partial charge on any atom is -0.506 e. The van der Waals surface area contributed by atoms with Gasteiger partial charge < -0.3 is 5.11 Å². The first-order valence-electron chi connectivity index (χ1n) is 2.87. The molecule has 1 aromatic heterocycles. The Morgan fingerprint density at radius 1 is 1.60 bits per heavy atom. The molecule has 0 aromatic carbocycles. The van der Waals surface area contributed by atoms with Crippen molar-refractivity contribution in [2.45, 2.75) is 6.92 Å². The summed E-state index contributed by atoms with van der Waals surface area (Å²) >= 11 is 0. The monoisotopic (exact) mass is 133 g/mol. The van der Waals surface area contributed by atoms with E-state index in [-0.39, 0.29) is 5.75 Å². The number of terminal acetylenes is 1. The topological polar surface area (TPSA) is 33.1 Å². The average molecular weight is 133 g/mol. The van der Waals surface area contributed by atoms with Crippen molar-refractivity contribution in [1.29, 1.82) is 0 Å². The minimum absolute atomic E-state index is 0.180. The van der Waals surface area contributed by atoms with Crippen molar-refractivity contribution in [1.82, 2.24) is 4.98 Å². The second-order valence-corrected chi connectivity index (χ2v) is 1.95. The van der Waals surface area contributed by atoms with Gasteiger partial charge in [0.1, 0.15) is 11.4 Å². The normalized spacial score (nSPS) is 8.80. The van der Waals surface area contributed by atoms with Gasteiger partial charge in [-0.3, -0.25) is 0 Å². The molecule has 10 heavy (non-hydrogen) atoms. The number of hydrogen-bond acceptors (Lipinski definition) is 2. The van der Waals surface area contributed by atoms with E-state index in [0.29, 0.717) is 11.4 Å². The molecule has 0 aliphatic rings. The Labute approximate surface area is 59.5 Å². The third-order valence-electron chi connectivity index (χ3n) is 1.21. The Balaban J connectivity index is 3.20. The highest BCUT2D eigenvalue weighted by molar-refractivity contribution is 5.33. The number of aryl methyl sites for hydroxylation is 1. The van der Waals surface area contributed by atoms with Crippen molar-refractivity contribution in [3.63, 3.8) is 0 Å². The zero-order valence-corrected chi connectivity index (χ0v) is 5.63. The lowest BCUT2D eigenvalue weighted by Crippen LogP contribution is -1.85. The van der Waals surface area contributed by atoms with Gasteiger partial charge in [0, 0.05) is 0 Å². The highest BCUT2D eigenvalue weighted by Gasteiger charge is 1.95. The smallest absolute Gasteiger partial charge is 0.136 e. The molecule has 0 atom stereocenters. The van der Waals surface area contributed by atoms with Gasteiger partial charge in [0.2, 0.25) is 0 Å². The highest BCUT2D eigenvalue weighted by Crippen LogP contribution is 2.11. The molecular formula is C8H7NO. The van der Waals surface area contributed by atoms with Gasteiger partial charge in [-0.1, -0.05) is 5.92 Å². The van der Waals surface area contributed by atoms with Crippen LogP contribution in [0.25, 0.3) is 0 Å². The third kappa shape index (κ3) is 1.08. The average Bonchev–Trinajstić information content (AvgIpc) is 1.95. The summed E-state index contributed by atoms with van der Waals surface area (Å²) in [5.74, 6) is 2.55. The summed E-state index contributed by atoms with van der Waals surface area (Å²) in [5.41, 5.74) is 1.12. The van der Waals surface area contributed by atoms with Gasteiger partial charge in [-0.25, -0.2) is 4.98 Å². The summed E-state index contributed by atoms with van der Waals surface area (Å²) in [6.45, 7) is 1.70. The lowest BCUT2D eigenvalue weighted by molar-refractivity contribution is 0.467. The predicted octanol–water partition coefficient (Wildman–Crippen LogP) is 1.08. The van der Waals surface area contributed by atoms with Gasteiger partial charge >= 0.3 is 0 Å². The fourth-order valence-corrected chi connectivity index (χ4v) is 0.634. The first kappa shape index (κ1) is 6.63. The van der Waals surface area contributed by atoms with Crippen LogP contribution in [0.1, 0.15) is 11.4 Å². The van der Waals surface area contributed by atoms with Crippen LogP contribution in [0.2, 0.25) is 0 Å². The zero-order chi connectivity index (χ0) is 7.56. The largest absolute Gasteiger partial charge is 0.506 e. The van der Waals surface area contributed by atoms with E-state index < -0.39 is 0 Å². The number of aromatic nitrogens is 1. The summed E-state index contributed by atoms with van der Waals surface area (Å²) in [6.07, 6.45) is 5.07. The lowest BCUT2D eigenvalue weighted by Gasteiger charge is -1.95. The summed E-state index contributed by atoms with van der Waals surface area (Å²) in [6, 6.07) is 3.14. The van der Waals surface area contributed by atoms with E-state index in [1.54, 1.807) is 13.0 Å². The van der Waals surface area contributed by atoms with Gasteiger partial charge in [0.25, 0.3) is 0 Å². The van der Waals surface area contributed by atoms with Gasteiger partial charge in [-0.2, -0.15) is 0 Å². The van der Waals surface area contributed by atoms with Crippen LogP contribution in [0.5, 0.6) is 5.75 Å². The van der Waals surface area contributed by atoms with Crippen LogP contribution in [0.4, 0.5) is 0 Å². The Bertz CT molecular complexity index is 286. The maximum Gasteiger partial charge on any atom is 0.136 e. The van der Waals surface area contributed by atoms with Crippen LogP contribution in [0.15, 0.2) is 12.1 Å². The SMILES string of the molecule is C#Cc1ccc(O)c(C)n1. The second kappa shape index (κ2) is 2.40. The van der Waals surface area contributed by atoms with E-state index in [0.717, 1.165) is 0 Å². The molecule has 0 radical (unpaired) electrons. The van der Waals surface area contributed by atoms with Crippen LogP contribution in [-0.2, 0) is 0 Å². The third-order valence-corrected chi connectivity index (χ3v) is 1.21. The lowest BCUT2D eigenvalue weighted by atomic mass is 10.3. The Morgan fingerprint density at radius 2 is 2.30 bits per heavy atom. The molecule has 0 saturated heterocycles. The standard InChI is InChI=1S/C8H7NO/c1-3-7-4-5-8(10)6(2)9-7/h1,4-5,10H,2H3. The van der Waals surface area contributed by atoms with Crippen LogP contribution in [-0.4, -0.2) is 10.1 Å². The fraction of sp³-hybridized carbons (Fsp3) is 0.125. The molecule has 1 aromatic rings. The number of pyridine rings is 1. The second-order valence-electron chi connectivity index (χ2n) is 1.95. The van der Waals surface area contributed by atoms with Crippen molar-refractivity contribution >= 4 is 0 Å². The molecule has 2 nitrogen and oxygen atoms in total. The van der Waals surface area contributed by atoms with Crippen LogP contribution < -0.4 is 0 Å². The molecule has 0 spiro atoms. The molecule has 0 aliphatic heterocycles. The van der Waals surface area contributed by atoms with Gasteiger partial charge in [-0.15, -0.1) is 6.42 Å². The maximum absolute atomic E-state index is 9.01. The van der Waals surface area contributed by atoms with Crippen molar-refractivity contribution in [3.05, 3.63) is 23.5 Å². The van der Waals surface area contributed by atoms with Crippen molar-refractivity contribution in [2.24, 2.45) is 0 Å². The van der Waals surface area contributed by atoms with E-state index in [1.807, 2.05) is 0 Å². The van der Waals surface area contributed by atoms with Crippen molar-refractivity contribution < 1.29 is 5.11 Å². The van der Waals surface area contributed by atoms with Crippen LogP contribution in [0.3, 0.4) is 0 Å². The molecular weight excluding hydrogens is 126 g/mol. The van der Waals surface area contributed by atoms with Crippen molar-refractivity contribution in [2.75, 3.05) is 0 Å². The number of nitrogens with zero attached hydrogens (tertiary/aromatic N) is 1. The molecule has 0 fully saturated rings. The number of aromatic hydroxyl groups is 1. The van der Waals surface area contributed by atoms with Gasteiger partial charge in [0.05, 0.1) is 5.69 Å². The molecule has 0 saturated carbocycles. The summed E-state index contributed by atoms with van der Waals surface area (Å²) in [4.78, 5) is 3.91. The fourth-order valence-electron chi connectivity index (χ4n) is 0.634. The summed E-state index contributed by atoms with van der Waals surface area (Å²) in [5, 5.41) is 9.01. The molecule has 0 bridgehead atoms. The first-order valence-corrected chi connectivity index (χ1v) is 2.87. The maximum atomic E-state index is 9.01. The zero-order valence-electron chi connectivity index (χ0n) is 5.63. The van der Waals surface area contributed by atoms with E-state index in [2.05, 4.69) is 10.9 Å². The van der Waals surface area contributed by atoms with E-state index >= 15 is 0 Å². The predicted molar refractivity (Wildman–Crippen MR) is 38.6 cm³/mol.